The Morgan fingerprint density at radius 2 is 1.61 bits per heavy atom. The lowest BCUT2D eigenvalue weighted by Gasteiger charge is -2.16. The van der Waals surface area contributed by atoms with Gasteiger partial charge in [0.2, 0.25) is 0 Å². The van der Waals surface area contributed by atoms with Gasteiger partial charge in [0.25, 0.3) is 0 Å². The Morgan fingerprint density at radius 3 is 2.25 bits per heavy atom. The van der Waals surface area contributed by atoms with Crippen molar-refractivity contribution in [1.82, 2.24) is 9.78 Å². The van der Waals surface area contributed by atoms with Crippen molar-refractivity contribution in [3.63, 3.8) is 0 Å². The van der Waals surface area contributed by atoms with E-state index in [1.54, 1.807) is 30.9 Å². The first-order valence-corrected chi connectivity index (χ1v) is 11.8. The molecule has 0 aliphatic rings. The fourth-order valence-corrected chi connectivity index (χ4v) is 4.20. The van der Waals surface area contributed by atoms with Crippen LogP contribution < -0.4 is 5.32 Å². The lowest BCUT2D eigenvalue weighted by atomic mass is 9.99. The Balaban J connectivity index is 1.46. The Labute approximate surface area is 214 Å². The highest BCUT2D eigenvalue weighted by Crippen LogP contribution is 2.31. The van der Waals surface area contributed by atoms with Crippen LogP contribution in [-0.2, 0) is 23.0 Å². The molecule has 1 aromatic heterocycles. The molecule has 0 aliphatic heterocycles. The minimum Gasteiger partial charge on any atom is -0.481 e. The second-order valence-electron chi connectivity index (χ2n) is 8.39. The molecule has 7 nitrogen and oxygen atoms in total. The van der Waals surface area contributed by atoms with Crippen molar-refractivity contribution >= 4 is 29.5 Å². The largest absolute Gasteiger partial charge is 0.481 e. The molecule has 0 spiro atoms. The predicted molar refractivity (Wildman–Crippen MR) is 140 cm³/mol. The number of carboxylic acid groups (broad SMARTS) is 1. The summed E-state index contributed by atoms with van der Waals surface area (Å²) in [5, 5.41) is 16.5. The van der Waals surface area contributed by atoms with Crippen molar-refractivity contribution in [1.29, 1.82) is 0 Å². The second kappa shape index (κ2) is 11.1. The van der Waals surface area contributed by atoms with Gasteiger partial charge < -0.3 is 9.84 Å². The number of halogens is 1. The van der Waals surface area contributed by atoms with Crippen LogP contribution in [0.3, 0.4) is 0 Å². The summed E-state index contributed by atoms with van der Waals surface area (Å²) in [6, 6.07) is 23.0. The molecular weight excluding hydrogens is 478 g/mol. The number of carbonyl (C=O) groups excluding carboxylic acids is 1. The third-order valence-electron chi connectivity index (χ3n) is 5.90. The molecule has 3 aromatic carbocycles. The number of rotatable bonds is 8. The molecule has 4 rings (SSSR count). The molecule has 0 fully saturated rings. The predicted octanol–water partition coefficient (Wildman–Crippen LogP) is 6.73. The van der Waals surface area contributed by atoms with Gasteiger partial charge in [0, 0.05) is 29.6 Å². The summed E-state index contributed by atoms with van der Waals surface area (Å²) in [5.74, 6) is -0.288. The number of aromatic nitrogens is 2. The molecule has 1 amide bonds. The van der Waals surface area contributed by atoms with Crippen LogP contribution in [0.5, 0.6) is 0 Å². The van der Waals surface area contributed by atoms with Gasteiger partial charge in [-0.25, -0.2) is 4.79 Å². The number of anilines is 1. The maximum absolute atomic E-state index is 12.6. The van der Waals surface area contributed by atoms with Gasteiger partial charge in [0.15, 0.2) is 0 Å². The van der Waals surface area contributed by atoms with Gasteiger partial charge in [-0.05, 0) is 41.7 Å². The van der Waals surface area contributed by atoms with Crippen molar-refractivity contribution in [3.8, 4) is 22.3 Å². The number of nitrogens with one attached hydrogen (secondary N) is 1. The fourth-order valence-electron chi connectivity index (χ4n) is 3.91. The highest BCUT2D eigenvalue weighted by Gasteiger charge is 2.18. The van der Waals surface area contributed by atoms with Crippen LogP contribution in [0.4, 0.5) is 10.6 Å². The number of carbonyl (C=O) groups is 2. The molecule has 2 N–H and O–H groups in total. The first kappa shape index (κ1) is 25.0. The third-order valence-corrected chi connectivity index (χ3v) is 6.24. The lowest BCUT2D eigenvalue weighted by Crippen LogP contribution is -2.18. The standard InChI is InChI=1S/C28H26ClN3O4/c1-18(23-5-3-4-6-25(23)29)36-28(35)31-27-24(17-30-32(27)2)22-14-12-21(13-15-22)20-10-7-19(8-11-20)9-16-26(33)34/h3-8,10-15,17-18H,9,16H2,1-2H3,(H,31,35)(H,33,34). The van der Waals surface area contributed by atoms with E-state index in [1.807, 2.05) is 66.7 Å². The summed E-state index contributed by atoms with van der Waals surface area (Å²) >= 11 is 6.22. The van der Waals surface area contributed by atoms with E-state index in [4.69, 9.17) is 21.4 Å². The number of carboxylic acids is 1. The quantitative estimate of drug-likeness (QED) is 0.278. The number of ether oxygens (including phenoxy) is 1. The monoisotopic (exact) mass is 503 g/mol. The molecule has 0 radical (unpaired) electrons. The number of hydrogen-bond acceptors (Lipinski definition) is 4. The summed E-state index contributed by atoms with van der Waals surface area (Å²) in [7, 11) is 1.75. The molecule has 8 heteroatoms. The Bertz CT molecular complexity index is 1360. The van der Waals surface area contributed by atoms with Gasteiger partial charge >= 0.3 is 12.1 Å². The number of aryl methyl sites for hydroxylation is 2. The topological polar surface area (TPSA) is 93.4 Å². The van der Waals surface area contributed by atoms with Crippen molar-refractivity contribution in [2.75, 3.05) is 5.32 Å². The van der Waals surface area contributed by atoms with Crippen molar-refractivity contribution in [2.45, 2.75) is 25.9 Å². The molecule has 0 saturated heterocycles. The van der Waals surface area contributed by atoms with Gasteiger partial charge in [-0.15, -0.1) is 0 Å². The molecule has 1 unspecified atom stereocenters. The molecule has 184 valence electrons. The molecule has 1 atom stereocenters. The summed E-state index contributed by atoms with van der Waals surface area (Å²) in [6.45, 7) is 1.77. The van der Waals surface area contributed by atoms with E-state index in [2.05, 4.69) is 10.4 Å². The average molecular weight is 504 g/mol. The van der Waals surface area contributed by atoms with E-state index < -0.39 is 18.2 Å². The van der Waals surface area contributed by atoms with Crippen LogP contribution >= 0.6 is 11.6 Å². The number of hydrogen-bond donors (Lipinski definition) is 2. The normalized spacial score (nSPS) is 11.6. The van der Waals surface area contributed by atoms with E-state index in [9.17, 15) is 9.59 Å². The lowest BCUT2D eigenvalue weighted by molar-refractivity contribution is -0.136. The van der Waals surface area contributed by atoms with Gasteiger partial charge in [0.1, 0.15) is 11.9 Å². The fraction of sp³-hybridized carbons (Fsp3) is 0.179. The zero-order valence-corrected chi connectivity index (χ0v) is 20.7. The summed E-state index contributed by atoms with van der Waals surface area (Å²) in [4.78, 5) is 23.4. The Kier molecular flexibility index (Phi) is 7.71. The first-order chi connectivity index (χ1) is 17.3. The molecule has 1 heterocycles. The molecule has 0 bridgehead atoms. The highest BCUT2D eigenvalue weighted by molar-refractivity contribution is 6.31. The van der Waals surface area contributed by atoms with Crippen LogP contribution in [0.1, 0.15) is 30.6 Å². The SMILES string of the molecule is CC(OC(=O)Nc1c(-c2ccc(-c3ccc(CCC(=O)O)cc3)cc2)cnn1C)c1ccccc1Cl. The van der Waals surface area contributed by atoms with Crippen LogP contribution in [0.2, 0.25) is 5.02 Å². The summed E-state index contributed by atoms with van der Waals surface area (Å²) < 4.78 is 7.13. The van der Waals surface area contributed by atoms with Crippen LogP contribution in [-0.4, -0.2) is 26.9 Å². The van der Waals surface area contributed by atoms with Crippen LogP contribution in [0.15, 0.2) is 79.0 Å². The minimum atomic E-state index is -0.803. The number of aliphatic carboxylic acids is 1. The van der Waals surface area contributed by atoms with Crippen molar-refractivity contribution in [2.24, 2.45) is 7.05 Å². The highest BCUT2D eigenvalue weighted by atomic mass is 35.5. The zero-order valence-electron chi connectivity index (χ0n) is 19.9. The summed E-state index contributed by atoms with van der Waals surface area (Å²) in [5.41, 5.74) is 5.41. The number of nitrogens with zero attached hydrogens (tertiary/aromatic N) is 2. The van der Waals surface area contributed by atoms with E-state index in [0.717, 1.165) is 33.4 Å². The Hall–Kier alpha value is -4.10. The molecular formula is C28H26ClN3O4. The average Bonchev–Trinajstić information content (AvgIpc) is 3.23. The van der Waals surface area contributed by atoms with Crippen molar-refractivity contribution < 1.29 is 19.4 Å². The van der Waals surface area contributed by atoms with Crippen LogP contribution in [0.25, 0.3) is 22.3 Å². The number of benzene rings is 3. The van der Waals surface area contributed by atoms with Gasteiger partial charge in [0.05, 0.1) is 6.20 Å². The molecule has 4 aromatic rings. The summed E-state index contributed by atoms with van der Waals surface area (Å²) in [6.07, 6.45) is 1.18. The van der Waals surface area contributed by atoms with Gasteiger partial charge in [-0.2, -0.15) is 5.10 Å². The second-order valence-corrected chi connectivity index (χ2v) is 8.80. The maximum atomic E-state index is 12.6. The molecule has 36 heavy (non-hydrogen) atoms. The van der Waals surface area contributed by atoms with Crippen LogP contribution in [0, 0.1) is 0 Å². The van der Waals surface area contributed by atoms with E-state index >= 15 is 0 Å². The Morgan fingerprint density at radius 1 is 1.00 bits per heavy atom. The van der Waals surface area contributed by atoms with E-state index in [1.165, 1.54) is 0 Å². The minimum absolute atomic E-state index is 0.113. The number of amides is 1. The van der Waals surface area contributed by atoms with Crippen molar-refractivity contribution in [3.05, 3.63) is 95.1 Å². The maximum Gasteiger partial charge on any atom is 0.413 e. The first-order valence-electron chi connectivity index (χ1n) is 11.5. The third kappa shape index (κ3) is 5.93. The smallest absolute Gasteiger partial charge is 0.413 e. The zero-order chi connectivity index (χ0) is 25.7. The van der Waals surface area contributed by atoms with Gasteiger partial charge in [-0.3, -0.25) is 14.8 Å². The van der Waals surface area contributed by atoms with E-state index in [0.29, 0.717) is 17.3 Å². The molecule has 0 aliphatic carbocycles. The van der Waals surface area contributed by atoms with Gasteiger partial charge in [-0.1, -0.05) is 78.3 Å². The molecule has 0 saturated carbocycles. The van der Waals surface area contributed by atoms with E-state index in [-0.39, 0.29) is 6.42 Å².